The highest BCUT2D eigenvalue weighted by atomic mass is 16.2. The Morgan fingerprint density at radius 3 is 2.47 bits per heavy atom. The Labute approximate surface area is 112 Å². The van der Waals surface area contributed by atoms with Crippen LogP contribution in [0.5, 0.6) is 0 Å². The van der Waals surface area contributed by atoms with Crippen LogP contribution >= 0.6 is 0 Å². The van der Waals surface area contributed by atoms with E-state index in [1.54, 1.807) is 0 Å². The van der Waals surface area contributed by atoms with Gasteiger partial charge in [-0.1, -0.05) is 48.5 Å². The second-order valence-electron chi connectivity index (χ2n) is 4.89. The Morgan fingerprint density at radius 1 is 1.00 bits per heavy atom. The average Bonchev–Trinajstić information content (AvgIpc) is 2.58. The summed E-state index contributed by atoms with van der Waals surface area (Å²) in [5.74, 6) is -0.0938. The van der Waals surface area contributed by atoms with Gasteiger partial charge in [0.1, 0.15) is 0 Å². The summed E-state index contributed by atoms with van der Waals surface area (Å²) in [7, 11) is 0. The van der Waals surface area contributed by atoms with E-state index in [-0.39, 0.29) is 11.8 Å². The van der Waals surface area contributed by atoms with E-state index >= 15 is 0 Å². The van der Waals surface area contributed by atoms with E-state index in [1.807, 2.05) is 54.6 Å². The Bertz CT molecular complexity index is 595. The molecule has 2 aromatic rings. The zero-order chi connectivity index (χ0) is 13.2. The van der Waals surface area contributed by atoms with Gasteiger partial charge >= 0.3 is 0 Å². The van der Waals surface area contributed by atoms with Crippen LogP contribution in [0, 0.1) is 0 Å². The topological polar surface area (TPSA) is 55.1 Å². The van der Waals surface area contributed by atoms with E-state index in [4.69, 9.17) is 5.73 Å². The summed E-state index contributed by atoms with van der Waals surface area (Å²) in [5, 5.41) is 2.91. The van der Waals surface area contributed by atoms with Crippen LogP contribution in [0.25, 0.3) is 0 Å². The number of hydrogen-bond acceptors (Lipinski definition) is 2. The summed E-state index contributed by atoms with van der Waals surface area (Å²) in [6, 6.07) is 17.4. The molecule has 0 aromatic heterocycles. The second-order valence-corrected chi connectivity index (χ2v) is 4.89. The lowest BCUT2D eigenvalue weighted by Gasteiger charge is -2.20. The smallest absolute Gasteiger partial charge is 0.241 e. The van der Waals surface area contributed by atoms with Crippen LogP contribution in [0.4, 0.5) is 5.69 Å². The van der Waals surface area contributed by atoms with Crippen molar-refractivity contribution in [1.82, 2.24) is 0 Å². The number of hydrogen-bond donors (Lipinski definition) is 2. The maximum Gasteiger partial charge on any atom is 0.241 e. The van der Waals surface area contributed by atoms with Gasteiger partial charge in [0, 0.05) is 11.6 Å². The molecule has 0 unspecified atom stereocenters. The summed E-state index contributed by atoms with van der Waals surface area (Å²) in [6.45, 7) is 0. The SMILES string of the molecule is N[C@@H]1C(=O)Nc2ccccc2C[C@H]1c1ccccc1. The molecule has 0 aliphatic carbocycles. The van der Waals surface area contributed by atoms with Gasteiger partial charge in [-0.2, -0.15) is 0 Å². The first-order valence-electron chi connectivity index (χ1n) is 6.45. The summed E-state index contributed by atoms with van der Waals surface area (Å²) < 4.78 is 0. The molecule has 0 fully saturated rings. The first kappa shape index (κ1) is 11.9. The number of benzene rings is 2. The monoisotopic (exact) mass is 252 g/mol. The highest BCUT2D eigenvalue weighted by Gasteiger charge is 2.30. The van der Waals surface area contributed by atoms with Crippen LogP contribution in [0.1, 0.15) is 17.0 Å². The fourth-order valence-electron chi connectivity index (χ4n) is 2.61. The minimum atomic E-state index is -0.519. The van der Waals surface area contributed by atoms with E-state index in [1.165, 1.54) is 0 Å². The molecule has 3 heteroatoms. The van der Waals surface area contributed by atoms with Crippen LogP contribution in [0.15, 0.2) is 54.6 Å². The Balaban J connectivity index is 2.03. The molecule has 1 aliphatic heterocycles. The van der Waals surface area contributed by atoms with E-state index in [2.05, 4.69) is 5.32 Å². The quantitative estimate of drug-likeness (QED) is 0.818. The molecule has 3 rings (SSSR count). The van der Waals surface area contributed by atoms with Gasteiger partial charge in [0.25, 0.3) is 0 Å². The van der Waals surface area contributed by atoms with Gasteiger partial charge in [-0.25, -0.2) is 0 Å². The lowest BCUT2D eigenvalue weighted by atomic mass is 9.87. The van der Waals surface area contributed by atoms with Crippen molar-refractivity contribution < 1.29 is 4.79 Å². The van der Waals surface area contributed by atoms with Crippen molar-refractivity contribution in [3.63, 3.8) is 0 Å². The molecule has 1 aliphatic rings. The molecule has 0 saturated heterocycles. The fourth-order valence-corrected chi connectivity index (χ4v) is 2.61. The van der Waals surface area contributed by atoms with Crippen molar-refractivity contribution in [3.05, 3.63) is 65.7 Å². The summed E-state index contributed by atoms with van der Waals surface area (Å²) in [5.41, 5.74) is 9.25. The van der Waals surface area contributed by atoms with Gasteiger partial charge in [-0.15, -0.1) is 0 Å². The van der Waals surface area contributed by atoms with Gasteiger partial charge in [-0.05, 0) is 23.6 Å². The summed E-state index contributed by atoms with van der Waals surface area (Å²) in [6.07, 6.45) is 0.778. The largest absolute Gasteiger partial charge is 0.324 e. The third-order valence-electron chi connectivity index (χ3n) is 3.68. The van der Waals surface area contributed by atoms with Crippen molar-refractivity contribution in [3.8, 4) is 0 Å². The van der Waals surface area contributed by atoms with Crippen molar-refractivity contribution >= 4 is 11.6 Å². The number of anilines is 1. The fraction of sp³-hybridized carbons (Fsp3) is 0.188. The summed E-state index contributed by atoms with van der Waals surface area (Å²) in [4.78, 5) is 12.1. The second kappa shape index (κ2) is 4.86. The molecule has 2 atom stereocenters. The zero-order valence-electron chi connectivity index (χ0n) is 10.5. The van der Waals surface area contributed by atoms with Gasteiger partial charge in [0.15, 0.2) is 0 Å². The third kappa shape index (κ3) is 2.25. The Kier molecular flexibility index (Phi) is 3.05. The van der Waals surface area contributed by atoms with E-state index < -0.39 is 6.04 Å². The molecule has 3 N–H and O–H groups in total. The van der Waals surface area contributed by atoms with Crippen LogP contribution in [0.2, 0.25) is 0 Å². The number of carbonyl (C=O) groups excluding carboxylic acids is 1. The number of nitrogens with one attached hydrogen (secondary N) is 1. The van der Waals surface area contributed by atoms with Gasteiger partial charge in [0.2, 0.25) is 5.91 Å². The van der Waals surface area contributed by atoms with Crippen molar-refractivity contribution in [1.29, 1.82) is 0 Å². The molecule has 2 aromatic carbocycles. The van der Waals surface area contributed by atoms with Gasteiger partial charge in [-0.3, -0.25) is 4.79 Å². The number of carbonyl (C=O) groups is 1. The third-order valence-corrected chi connectivity index (χ3v) is 3.68. The molecular weight excluding hydrogens is 236 g/mol. The van der Waals surface area contributed by atoms with Crippen molar-refractivity contribution in [2.45, 2.75) is 18.4 Å². The van der Waals surface area contributed by atoms with Gasteiger partial charge in [0.05, 0.1) is 6.04 Å². The Morgan fingerprint density at radius 2 is 1.68 bits per heavy atom. The number of rotatable bonds is 1. The van der Waals surface area contributed by atoms with Gasteiger partial charge < -0.3 is 11.1 Å². The molecule has 1 amide bonds. The minimum absolute atomic E-state index is 0.0184. The lowest BCUT2D eigenvalue weighted by Crippen LogP contribution is -2.39. The lowest BCUT2D eigenvalue weighted by molar-refractivity contribution is -0.117. The zero-order valence-corrected chi connectivity index (χ0v) is 10.5. The van der Waals surface area contributed by atoms with Crippen LogP contribution < -0.4 is 11.1 Å². The highest BCUT2D eigenvalue weighted by Crippen LogP contribution is 2.30. The van der Waals surface area contributed by atoms with Crippen LogP contribution in [0.3, 0.4) is 0 Å². The van der Waals surface area contributed by atoms with E-state index in [0.29, 0.717) is 0 Å². The Hall–Kier alpha value is -2.13. The molecule has 96 valence electrons. The molecule has 1 heterocycles. The molecule has 0 saturated carbocycles. The predicted molar refractivity (Wildman–Crippen MR) is 75.9 cm³/mol. The highest BCUT2D eigenvalue weighted by molar-refractivity contribution is 5.97. The maximum absolute atomic E-state index is 12.1. The summed E-state index contributed by atoms with van der Waals surface area (Å²) >= 11 is 0. The first-order chi connectivity index (χ1) is 9.25. The molecular formula is C16H16N2O. The number of amides is 1. The molecule has 0 radical (unpaired) electrons. The number of fused-ring (bicyclic) bond motifs is 1. The van der Waals surface area contributed by atoms with Crippen molar-refractivity contribution in [2.24, 2.45) is 5.73 Å². The molecule has 19 heavy (non-hydrogen) atoms. The average molecular weight is 252 g/mol. The maximum atomic E-state index is 12.1. The van der Waals surface area contributed by atoms with Crippen LogP contribution in [-0.2, 0) is 11.2 Å². The number of nitrogens with two attached hydrogens (primary N) is 1. The van der Waals surface area contributed by atoms with E-state index in [0.717, 1.165) is 23.2 Å². The van der Waals surface area contributed by atoms with Crippen LogP contribution in [-0.4, -0.2) is 11.9 Å². The normalized spacial score (nSPS) is 22.3. The molecule has 0 bridgehead atoms. The predicted octanol–water partition coefficient (Wildman–Crippen LogP) is 2.29. The first-order valence-corrected chi connectivity index (χ1v) is 6.45. The molecule has 0 spiro atoms. The molecule has 3 nitrogen and oxygen atoms in total. The van der Waals surface area contributed by atoms with Crippen molar-refractivity contribution in [2.75, 3.05) is 5.32 Å². The minimum Gasteiger partial charge on any atom is -0.324 e. The standard InChI is InChI=1S/C16H16N2O/c17-15-13(11-6-2-1-3-7-11)10-12-8-4-5-9-14(12)18-16(15)19/h1-9,13,15H,10,17H2,(H,18,19)/t13-,15-/m0/s1. The number of para-hydroxylation sites is 1. The van der Waals surface area contributed by atoms with E-state index in [9.17, 15) is 4.79 Å².